The SMILES string of the molecule is CCC1(c2ccccc2)NC(=O)N(CC(=O)Nc2nc(-c3ccc(Cl)s3)cs2)C1=O. The first-order valence-electron chi connectivity index (χ1n) is 9.13. The minimum Gasteiger partial charge on any atom is -0.319 e. The molecule has 0 radical (unpaired) electrons. The Hall–Kier alpha value is -2.75. The van der Waals surface area contributed by atoms with Gasteiger partial charge in [-0.25, -0.2) is 9.78 Å². The van der Waals surface area contributed by atoms with E-state index in [-0.39, 0.29) is 6.54 Å². The second-order valence-corrected chi connectivity index (χ2v) is 9.21. The van der Waals surface area contributed by atoms with Crippen LogP contribution in [0.25, 0.3) is 10.6 Å². The Labute approximate surface area is 185 Å². The lowest BCUT2D eigenvalue weighted by molar-refractivity contribution is -0.134. The van der Waals surface area contributed by atoms with Crippen LogP contribution in [0.2, 0.25) is 4.34 Å². The Morgan fingerprint density at radius 2 is 2.00 bits per heavy atom. The highest BCUT2D eigenvalue weighted by Gasteiger charge is 2.51. The van der Waals surface area contributed by atoms with Gasteiger partial charge in [0.05, 0.1) is 14.9 Å². The summed E-state index contributed by atoms with van der Waals surface area (Å²) in [6.45, 7) is 1.43. The second kappa shape index (κ2) is 8.17. The minimum absolute atomic E-state index is 0.374. The van der Waals surface area contributed by atoms with E-state index >= 15 is 0 Å². The van der Waals surface area contributed by atoms with E-state index in [9.17, 15) is 14.4 Å². The van der Waals surface area contributed by atoms with Crippen LogP contribution in [0.3, 0.4) is 0 Å². The maximum atomic E-state index is 13.1. The maximum Gasteiger partial charge on any atom is 0.325 e. The van der Waals surface area contributed by atoms with Gasteiger partial charge in [-0.15, -0.1) is 22.7 Å². The quantitative estimate of drug-likeness (QED) is 0.536. The van der Waals surface area contributed by atoms with Crippen molar-refractivity contribution in [3.63, 3.8) is 0 Å². The van der Waals surface area contributed by atoms with E-state index in [4.69, 9.17) is 11.6 Å². The monoisotopic (exact) mass is 460 g/mol. The Kier molecular flexibility index (Phi) is 5.59. The fraction of sp³-hybridized carbons (Fsp3) is 0.200. The first-order chi connectivity index (χ1) is 14.4. The van der Waals surface area contributed by atoms with E-state index in [0.717, 1.165) is 9.78 Å². The van der Waals surface area contributed by atoms with Gasteiger partial charge in [0.2, 0.25) is 5.91 Å². The molecule has 1 unspecified atom stereocenters. The summed E-state index contributed by atoms with van der Waals surface area (Å²) in [5.41, 5.74) is 0.231. The summed E-state index contributed by atoms with van der Waals surface area (Å²) in [5, 5.41) is 7.62. The van der Waals surface area contributed by atoms with Crippen molar-refractivity contribution in [3.05, 3.63) is 57.7 Å². The highest BCUT2D eigenvalue weighted by molar-refractivity contribution is 7.20. The average molecular weight is 461 g/mol. The number of rotatable bonds is 6. The van der Waals surface area contributed by atoms with E-state index in [1.807, 2.05) is 36.6 Å². The van der Waals surface area contributed by atoms with Crippen LogP contribution in [0.5, 0.6) is 0 Å². The Morgan fingerprint density at radius 3 is 2.67 bits per heavy atom. The van der Waals surface area contributed by atoms with E-state index in [1.54, 1.807) is 18.2 Å². The topological polar surface area (TPSA) is 91.4 Å². The van der Waals surface area contributed by atoms with Crippen LogP contribution in [0.4, 0.5) is 9.93 Å². The number of benzene rings is 1. The van der Waals surface area contributed by atoms with Crippen LogP contribution in [0, 0.1) is 0 Å². The molecule has 4 amide bonds. The predicted molar refractivity (Wildman–Crippen MR) is 118 cm³/mol. The zero-order valence-corrected chi connectivity index (χ0v) is 18.2. The molecular weight excluding hydrogens is 444 g/mol. The minimum atomic E-state index is -1.16. The average Bonchev–Trinajstić information content (AvgIpc) is 3.44. The third-order valence-corrected chi connectivity index (χ3v) is 6.86. The Morgan fingerprint density at radius 1 is 1.23 bits per heavy atom. The van der Waals surface area contributed by atoms with Crippen molar-refractivity contribution in [1.82, 2.24) is 15.2 Å². The fourth-order valence-corrected chi connectivity index (χ4v) is 5.14. The van der Waals surface area contributed by atoms with Crippen molar-refractivity contribution in [2.75, 3.05) is 11.9 Å². The molecule has 0 saturated carbocycles. The number of thiazole rings is 1. The van der Waals surface area contributed by atoms with Crippen LogP contribution in [0.15, 0.2) is 47.8 Å². The van der Waals surface area contributed by atoms with Gasteiger partial charge >= 0.3 is 6.03 Å². The normalized spacial score (nSPS) is 18.5. The molecule has 0 aliphatic carbocycles. The molecule has 3 aromatic rings. The van der Waals surface area contributed by atoms with Gasteiger partial charge in [-0.2, -0.15) is 0 Å². The lowest BCUT2D eigenvalue weighted by atomic mass is 9.87. The number of anilines is 1. The molecular formula is C20H17ClN4O3S2. The fourth-order valence-electron chi connectivity index (χ4n) is 3.33. The molecule has 4 rings (SSSR count). The summed E-state index contributed by atoms with van der Waals surface area (Å²) in [6, 6.07) is 12.1. The lowest BCUT2D eigenvalue weighted by Crippen LogP contribution is -2.44. The highest BCUT2D eigenvalue weighted by Crippen LogP contribution is 2.34. The van der Waals surface area contributed by atoms with Gasteiger partial charge < -0.3 is 10.6 Å². The number of imide groups is 1. The summed E-state index contributed by atoms with van der Waals surface area (Å²) < 4.78 is 0.653. The smallest absolute Gasteiger partial charge is 0.319 e. The Bertz CT molecular complexity index is 1110. The Balaban J connectivity index is 1.46. The van der Waals surface area contributed by atoms with Gasteiger partial charge in [-0.3, -0.25) is 14.5 Å². The van der Waals surface area contributed by atoms with Crippen LogP contribution in [-0.4, -0.2) is 34.3 Å². The highest BCUT2D eigenvalue weighted by atomic mass is 35.5. The zero-order valence-electron chi connectivity index (χ0n) is 15.8. The number of thiophene rings is 1. The second-order valence-electron chi connectivity index (χ2n) is 6.64. The van der Waals surface area contributed by atoms with Crippen LogP contribution < -0.4 is 10.6 Å². The number of carbonyl (C=O) groups excluding carboxylic acids is 3. The maximum absolute atomic E-state index is 13.1. The molecule has 2 N–H and O–H groups in total. The molecule has 154 valence electrons. The van der Waals surface area contributed by atoms with Crippen molar-refractivity contribution in [2.24, 2.45) is 0 Å². The molecule has 1 fully saturated rings. The molecule has 1 aliphatic heterocycles. The summed E-state index contributed by atoms with van der Waals surface area (Å²) in [7, 11) is 0. The number of carbonyl (C=O) groups is 3. The first-order valence-corrected chi connectivity index (χ1v) is 11.2. The molecule has 30 heavy (non-hydrogen) atoms. The van der Waals surface area contributed by atoms with Crippen molar-refractivity contribution in [3.8, 4) is 10.6 Å². The van der Waals surface area contributed by atoms with Gasteiger partial charge in [0, 0.05) is 5.38 Å². The molecule has 1 aromatic carbocycles. The van der Waals surface area contributed by atoms with Gasteiger partial charge in [0.15, 0.2) is 5.13 Å². The molecule has 1 saturated heterocycles. The van der Waals surface area contributed by atoms with Gasteiger partial charge in [0.25, 0.3) is 5.91 Å². The number of urea groups is 1. The molecule has 0 bridgehead atoms. The zero-order chi connectivity index (χ0) is 21.3. The van der Waals surface area contributed by atoms with E-state index in [2.05, 4.69) is 15.6 Å². The van der Waals surface area contributed by atoms with Crippen molar-refractivity contribution >= 4 is 57.3 Å². The molecule has 0 spiro atoms. The standard InChI is InChI=1S/C20H17ClN4O3S2/c1-2-20(12-6-4-3-5-7-12)17(27)25(19(28)24-20)10-16(26)23-18-22-13(11-29-18)14-8-9-15(21)30-14/h3-9,11H,2,10H2,1H3,(H,24,28)(H,22,23,26). The van der Waals surface area contributed by atoms with E-state index in [0.29, 0.717) is 27.1 Å². The lowest BCUT2D eigenvalue weighted by Gasteiger charge is -2.25. The van der Waals surface area contributed by atoms with Crippen LogP contribution >= 0.6 is 34.3 Å². The van der Waals surface area contributed by atoms with Crippen LogP contribution in [0.1, 0.15) is 18.9 Å². The summed E-state index contributed by atoms with van der Waals surface area (Å²) in [5.74, 6) is -0.937. The van der Waals surface area contributed by atoms with Crippen molar-refractivity contribution < 1.29 is 14.4 Å². The largest absolute Gasteiger partial charge is 0.325 e. The van der Waals surface area contributed by atoms with E-state index < -0.39 is 23.4 Å². The number of hydrogen-bond acceptors (Lipinski definition) is 6. The third-order valence-electron chi connectivity index (χ3n) is 4.85. The number of nitrogens with zero attached hydrogens (tertiary/aromatic N) is 2. The molecule has 2 aromatic heterocycles. The molecule has 1 aliphatic rings. The van der Waals surface area contributed by atoms with E-state index in [1.165, 1.54) is 22.7 Å². The number of aromatic nitrogens is 1. The molecule has 10 heteroatoms. The first kappa shape index (κ1) is 20.5. The molecule has 1 atom stereocenters. The van der Waals surface area contributed by atoms with Crippen molar-refractivity contribution in [1.29, 1.82) is 0 Å². The number of halogens is 1. The van der Waals surface area contributed by atoms with Crippen LogP contribution in [-0.2, 0) is 15.1 Å². The summed E-state index contributed by atoms with van der Waals surface area (Å²) >= 11 is 8.60. The third kappa shape index (κ3) is 3.71. The van der Waals surface area contributed by atoms with Gasteiger partial charge in [-0.1, -0.05) is 48.9 Å². The van der Waals surface area contributed by atoms with Gasteiger partial charge in [0.1, 0.15) is 12.1 Å². The molecule has 7 nitrogen and oxygen atoms in total. The predicted octanol–water partition coefficient (Wildman–Crippen LogP) is 4.32. The van der Waals surface area contributed by atoms with Crippen molar-refractivity contribution in [2.45, 2.75) is 18.9 Å². The van der Waals surface area contributed by atoms with Gasteiger partial charge in [-0.05, 0) is 24.1 Å². The number of hydrogen-bond donors (Lipinski definition) is 2. The number of nitrogens with one attached hydrogen (secondary N) is 2. The summed E-state index contributed by atoms with van der Waals surface area (Å²) in [6.07, 6.45) is 0.374. The summed E-state index contributed by atoms with van der Waals surface area (Å²) in [4.78, 5) is 44.3. The molecule has 3 heterocycles. The number of amides is 4.